The van der Waals surface area contributed by atoms with Gasteiger partial charge in [-0.3, -0.25) is 4.98 Å². The fraction of sp³-hybridized carbons (Fsp3) is 0.583. The Morgan fingerprint density at radius 2 is 1.89 bits per heavy atom. The molecule has 1 heterocycles. The summed E-state index contributed by atoms with van der Waals surface area (Å²) in [6, 6.07) is 1.61. The van der Waals surface area contributed by atoms with Crippen LogP contribution in [0.1, 0.15) is 33.3 Å². The third kappa shape index (κ3) is 3.52. The van der Waals surface area contributed by atoms with Gasteiger partial charge in [-0.25, -0.2) is 0 Å². The number of nitrogens with zero attached hydrogens (tertiary/aromatic N) is 1. The molecule has 5 nitrogen and oxygen atoms in total. The largest absolute Gasteiger partial charge is 0.493 e. The Labute approximate surface area is 108 Å². The van der Waals surface area contributed by atoms with Crippen LogP contribution in [0.5, 0.6) is 0 Å². The summed E-state index contributed by atoms with van der Waals surface area (Å²) < 4.78 is 5.47. The van der Waals surface area contributed by atoms with Crippen molar-refractivity contribution in [1.29, 1.82) is 0 Å². The molecule has 100 valence electrons. The van der Waals surface area contributed by atoms with Gasteiger partial charge in [0.05, 0.1) is 17.8 Å². The van der Waals surface area contributed by atoms with Crippen LogP contribution in [0, 0.1) is 0 Å². The number of pyridine rings is 1. The van der Waals surface area contributed by atoms with E-state index in [-0.39, 0.29) is 6.61 Å². The van der Waals surface area contributed by atoms with Crippen molar-refractivity contribution in [2.45, 2.75) is 45.5 Å². The van der Waals surface area contributed by atoms with E-state index in [1.54, 1.807) is 33.8 Å². The van der Waals surface area contributed by atoms with Crippen LogP contribution in [-0.2, 0) is 11.3 Å². The van der Waals surface area contributed by atoms with Crippen molar-refractivity contribution in [3.05, 3.63) is 24.0 Å². The molecular weight excluding hydrogens is 233 g/mol. The van der Waals surface area contributed by atoms with Crippen LogP contribution in [0.25, 0.3) is 0 Å². The summed E-state index contributed by atoms with van der Waals surface area (Å²) in [5.74, 6) is 0. The molecule has 18 heavy (non-hydrogen) atoms. The first kappa shape index (κ1) is 15.1. The van der Waals surface area contributed by atoms with Gasteiger partial charge in [0, 0.05) is 17.9 Å². The molecule has 0 spiro atoms. The molecule has 0 saturated carbocycles. The second-order valence-corrected chi connectivity index (χ2v) is 5.32. The highest BCUT2D eigenvalue weighted by molar-refractivity contribution is 6.60. The van der Waals surface area contributed by atoms with E-state index in [1.807, 2.05) is 0 Å². The van der Waals surface area contributed by atoms with Crippen molar-refractivity contribution in [3.8, 4) is 0 Å². The summed E-state index contributed by atoms with van der Waals surface area (Å²) in [7, 11) is -1.20. The van der Waals surface area contributed by atoms with Gasteiger partial charge >= 0.3 is 7.12 Å². The molecule has 1 aromatic heterocycles. The van der Waals surface area contributed by atoms with Crippen LogP contribution in [-0.4, -0.2) is 38.5 Å². The van der Waals surface area contributed by atoms with E-state index in [4.69, 9.17) is 9.76 Å². The average molecular weight is 253 g/mol. The van der Waals surface area contributed by atoms with Crippen LogP contribution >= 0.6 is 0 Å². The molecule has 3 N–H and O–H groups in total. The van der Waals surface area contributed by atoms with Crippen LogP contribution in [0.15, 0.2) is 18.5 Å². The van der Waals surface area contributed by atoms with E-state index in [1.165, 1.54) is 12.4 Å². The van der Waals surface area contributed by atoms with Crippen molar-refractivity contribution in [3.63, 3.8) is 0 Å². The molecule has 0 amide bonds. The standard InChI is InChI=1S/C12H20BNO4/c1-11(2,16)12(3,4)18-13(17)10-5-9(8-15)6-14-7-10/h5-7,15-17H,8H2,1-4H3. The summed E-state index contributed by atoms with van der Waals surface area (Å²) in [6.07, 6.45) is 2.97. The highest BCUT2D eigenvalue weighted by atomic mass is 16.5. The van der Waals surface area contributed by atoms with E-state index in [2.05, 4.69) is 4.98 Å². The molecule has 0 aliphatic heterocycles. The van der Waals surface area contributed by atoms with Gasteiger partial charge in [-0.15, -0.1) is 0 Å². The molecule has 0 unspecified atom stereocenters. The molecule has 0 aliphatic carbocycles. The summed E-state index contributed by atoms with van der Waals surface area (Å²) in [6.45, 7) is 6.46. The molecule has 0 radical (unpaired) electrons. The summed E-state index contributed by atoms with van der Waals surface area (Å²) in [5.41, 5.74) is -0.993. The lowest BCUT2D eigenvalue weighted by Gasteiger charge is -2.38. The maximum Gasteiger partial charge on any atom is 0.493 e. The van der Waals surface area contributed by atoms with E-state index in [9.17, 15) is 10.1 Å². The van der Waals surface area contributed by atoms with Crippen LogP contribution < -0.4 is 5.46 Å². The fourth-order valence-corrected chi connectivity index (χ4v) is 1.22. The fourth-order valence-electron chi connectivity index (χ4n) is 1.22. The number of rotatable bonds is 5. The Bertz CT molecular complexity index is 403. The number of aliphatic hydroxyl groups is 2. The van der Waals surface area contributed by atoms with Gasteiger partial charge in [-0.2, -0.15) is 0 Å². The number of hydrogen-bond acceptors (Lipinski definition) is 5. The van der Waals surface area contributed by atoms with Gasteiger partial charge in [0.25, 0.3) is 0 Å². The van der Waals surface area contributed by atoms with Gasteiger partial charge in [-0.1, -0.05) is 6.07 Å². The molecule has 1 aromatic rings. The Morgan fingerprint density at radius 3 is 2.39 bits per heavy atom. The molecule has 0 aromatic carbocycles. The van der Waals surface area contributed by atoms with Crippen molar-refractivity contribution < 1.29 is 19.9 Å². The third-order valence-corrected chi connectivity index (χ3v) is 3.16. The second-order valence-electron chi connectivity index (χ2n) is 5.32. The molecule has 0 fully saturated rings. The number of hydrogen-bond donors (Lipinski definition) is 3. The van der Waals surface area contributed by atoms with Gasteiger partial charge < -0.3 is 19.9 Å². The second kappa shape index (κ2) is 5.36. The van der Waals surface area contributed by atoms with E-state index < -0.39 is 18.3 Å². The zero-order chi connectivity index (χ0) is 14.0. The highest BCUT2D eigenvalue weighted by Gasteiger charge is 2.39. The molecule has 0 saturated heterocycles. The van der Waals surface area contributed by atoms with Crippen LogP contribution in [0.4, 0.5) is 0 Å². The first-order valence-corrected chi connectivity index (χ1v) is 5.80. The first-order valence-electron chi connectivity index (χ1n) is 5.80. The zero-order valence-electron chi connectivity index (χ0n) is 11.2. The molecule has 6 heteroatoms. The van der Waals surface area contributed by atoms with Crippen molar-refractivity contribution in [1.82, 2.24) is 4.98 Å². The Balaban J connectivity index is 2.85. The summed E-state index contributed by atoms with van der Waals surface area (Å²) in [5, 5.41) is 28.9. The minimum absolute atomic E-state index is 0.150. The minimum atomic E-state index is -1.20. The Kier molecular flexibility index (Phi) is 4.50. The van der Waals surface area contributed by atoms with Gasteiger partial charge in [0.15, 0.2) is 0 Å². The zero-order valence-corrected chi connectivity index (χ0v) is 11.2. The number of aromatic nitrogens is 1. The smallest absolute Gasteiger partial charge is 0.423 e. The minimum Gasteiger partial charge on any atom is -0.423 e. The summed E-state index contributed by atoms with van der Waals surface area (Å²) >= 11 is 0. The van der Waals surface area contributed by atoms with Gasteiger partial charge in [0.2, 0.25) is 0 Å². The van der Waals surface area contributed by atoms with Crippen molar-refractivity contribution in [2.24, 2.45) is 0 Å². The van der Waals surface area contributed by atoms with Crippen LogP contribution in [0.3, 0.4) is 0 Å². The van der Waals surface area contributed by atoms with Crippen LogP contribution in [0.2, 0.25) is 0 Å². The predicted octanol–water partition coefficient (Wildman–Crippen LogP) is -0.173. The lowest BCUT2D eigenvalue weighted by molar-refractivity contribution is -0.0982. The normalized spacial score (nSPS) is 12.6. The molecule has 0 bridgehead atoms. The van der Waals surface area contributed by atoms with Crippen molar-refractivity contribution >= 4 is 12.6 Å². The average Bonchev–Trinajstić information content (AvgIpc) is 2.27. The summed E-state index contributed by atoms with van der Waals surface area (Å²) in [4.78, 5) is 3.91. The molecule has 0 atom stereocenters. The number of aliphatic hydroxyl groups excluding tert-OH is 1. The maximum absolute atomic E-state index is 9.98. The topological polar surface area (TPSA) is 82.8 Å². The quantitative estimate of drug-likeness (QED) is 0.634. The predicted molar refractivity (Wildman–Crippen MR) is 69.2 cm³/mol. The molecular formula is C12H20BNO4. The highest BCUT2D eigenvalue weighted by Crippen LogP contribution is 2.25. The van der Waals surface area contributed by atoms with Gasteiger partial charge in [-0.05, 0) is 33.3 Å². The lowest BCUT2D eigenvalue weighted by Crippen LogP contribution is -2.53. The lowest BCUT2D eigenvalue weighted by atomic mass is 9.77. The van der Waals surface area contributed by atoms with E-state index in [0.29, 0.717) is 11.0 Å². The van der Waals surface area contributed by atoms with Gasteiger partial charge in [0.1, 0.15) is 0 Å². The maximum atomic E-state index is 9.98. The Morgan fingerprint density at radius 1 is 1.28 bits per heavy atom. The monoisotopic (exact) mass is 253 g/mol. The van der Waals surface area contributed by atoms with E-state index >= 15 is 0 Å². The first-order chi connectivity index (χ1) is 8.17. The third-order valence-electron chi connectivity index (χ3n) is 3.16. The molecule has 0 aliphatic rings. The van der Waals surface area contributed by atoms with E-state index in [0.717, 1.165) is 0 Å². The Hall–Kier alpha value is -0.945. The van der Waals surface area contributed by atoms with Crippen molar-refractivity contribution in [2.75, 3.05) is 0 Å². The SMILES string of the molecule is CC(C)(O)C(C)(C)OB(O)c1cncc(CO)c1. The molecule has 1 rings (SSSR count).